The van der Waals surface area contributed by atoms with Gasteiger partial charge in [0.15, 0.2) is 14.6 Å². The Morgan fingerprint density at radius 2 is 1.92 bits per heavy atom. The van der Waals surface area contributed by atoms with Crippen LogP contribution in [0.2, 0.25) is 0 Å². The number of rotatable bonds is 8. The predicted octanol–water partition coefficient (Wildman–Crippen LogP) is 2.55. The molecule has 13 heteroatoms. The third-order valence-corrected chi connectivity index (χ3v) is 9.32. The van der Waals surface area contributed by atoms with Crippen molar-refractivity contribution in [3.8, 4) is 5.75 Å². The van der Waals surface area contributed by atoms with Gasteiger partial charge in [-0.2, -0.15) is 4.99 Å². The van der Waals surface area contributed by atoms with Gasteiger partial charge in [-0.3, -0.25) is 9.59 Å². The molecule has 0 fully saturated rings. The first-order valence-electron chi connectivity index (χ1n) is 11.1. The zero-order chi connectivity index (χ0) is 26.0. The smallest absolute Gasteiger partial charge is 0.341 e. The van der Waals surface area contributed by atoms with E-state index in [2.05, 4.69) is 10.3 Å². The summed E-state index contributed by atoms with van der Waals surface area (Å²) in [6, 6.07) is 5.46. The van der Waals surface area contributed by atoms with Crippen molar-refractivity contribution in [3.05, 3.63) is 39.0 Å². The lowest BCUT2D eigenvalue weighted by Crippen LogP contribution is -2.28. The van der Waals surface area contributed by atoms with E-state index in [9.17, 15) is 22.8 Å². The van der Waals surface area contributed by atoms with E-state index in [-0.39, 0.29) is 10.6 Å². The van der Waals surface area contributed by atoms with E-state index >= 15 is 0 Å². The number of aromatic nitrogens is 1. The maximum absolute atomic E-state index is 12.6. The van der Waals surface area contributed by atoms with Crippen molar-refractivity contribution >= 4 is 65.5 Å². The number of sulfone groups is 1. The Balaban J connectivity index is 1.49. The van der Waals surface area contributed by atoms with Crippen molar-refractivity contribution in [2.75, 3.05) is 31.0 Å². The fourth-order valence-electron chi connectivity index (χ4n) is 4.12. The van der Waals surface area contributed by atoms with Gasteiger partial charge in [0.25, 0.3) is 5.91 Å². The van der Waals surface area contributed by atoms with E-state index in [0.29, 0.717) is 23.5 Å². The van der Waals surface area contributed by atoms with Gasteiger partial charge in [-0.1, -0.05) is 11.3 Å². The summed E-state index contributed by atoms with van der Waals surface area (Å²) in [5.41, 5.74) is 1.96. The molecular weight excluding hydrogens is 526 g/mol. The van der Waals surface area contributed by atoms with Crippen LogP contribution in [0.25, 0.3) is 10.2 Å². The van der Waals surface area contributed by atoms with E-state index in [1.165, 1.54) is 29.8 Å². The maximum atomic E-state index is 12.6. The Morgan fingerprint density at radius 3 is 2.61 bits per heavy atom. The van der Waals surface area contributed by atoms with Crippen LogP contribution in [0.15, 0.2) is 23.2 Å². The van der Waals surface area contributed by atoms with Crippen molar-refractivity contribution in [2.24, 2.45) is 4.99 Å². The average Bonchev–Trinajstić information content (AvgIpc) is 3.49. The monoisotopic (exact) mass is 551 g/mol. The molecule has 4 rings (SSSR count). The van der Waals surface area contributed by atoms with Gasteiger partial charge in [0.1, 0.15) is 22.3 Å². The molecule has 36 heavy (non-hydrogen) atoms. The number of hydrogen-bond donors (Lipinski definition) is 1. The number of carbonyl (C=O) groups excluding carboxylic acids is 3. The lowest BCUT2D eigenvalue weighted by Gasteiger charge is -2.07. The van der Waals surface area contributed by atoms with Gasteiger partial charge in [0, 0.05) is 11.4 Å². The fourth-order valence-corrected chi connectivity index (χ4v) is 7.57. The van der Waals surface area contributed by atoms with Gasteiger partial charge in [-0.15, -0.1) is 11.3 Å². The molecule has 0 radical (unpaired) electrons. The number of fused-ring (bicyclic) bond motifs is 2. The van der Waals surface area contributed by atoms with Gasteiger partial charge >= 0.3 is 5.97 Å². The standard InChI is InChI=1S/C23H25N3O7S3/c1-4-26-15-9-8-13(32-2)10-17(15)35-23(26)25-19(28)12-36(30,31)11-18(27)24-21-20(22(29)33-3)14-6-5-7-16(14)34-21/h8-10H,4-7,11-12H2,1-3H3,(H,24,27). The highest BCUT2D eigenvalue weighted by molar-refractivity contribution is 7.92. The number of anilines is 1. The number of hydrogen-bond acceptors (Lipinski definition) is 9. The number of carbonyl (C=O) groups is 3. The van der Waals surface area contributed by atoms with Crippen molar-refractivity contribution in [1.82, 2.24) is 4.57 Å². The lowest BCUT2D eigenvalue weighted by atomic mass is 10.1. The second kappa shape index (κ2) is 10.5. The highest BCUT2D eigenvalue weighted by atomic mass is 32.2. The first-order valence-corrected chi connectivity index (χ1v) is 14.6. The molecule has 1 aliphatic carbocycles. The molecular formula is C23H25N3O7S3. The van der Waals surface area contributed by atoms with Crippen LogP contribution in [0.1, 0.15) is 34.1 Å². The van der Waals surface area contributed by atoms with Crippen molar-refractivity contribution in [2.45, 2.75) is 32.7 Å². The predicted molar refractivity (Wildman–Crippen MR) is 138 cm³/mol. The van der Waals surface area contributed by atoms with Crippen molar-refractivity contribution < 1.29 is 32.3 Å². The topological polar surface area (TPSA) is 133 Å². The summed E-state index contributed by atoms with van der Waals surface area (Å²) in [4.78, 5) is 42.7. The van der Waals surface area contributed by atoms with Crippen LogP contribution in [0.5, 0.6) is 5.75 Å². The van der Waals surface area contributed by atoms with Gasteiger partial charge < -0.3 is 19.4 Å². The Kier molecular flexibility index (Phi) is 7.62. The highest BCUT2D eigenvalue weighted by Gasteiger charge is 2.29. The van der Waals surface area contributed by atoms with Crippen LogP contribution < -0.4 is 14.9 Å². The lowest BCUT2D eigenvalue weighted by molar-refractivity contribution is -0.115. The van der Waals surface area contributed by atoms with E-state index in [0.717, 1.165) is 33.5 Å². The number of benzene rings is 1. The molecule has 2 amide bonds. The fraction of sp³-hybridized carbons (Fsp3) is 0.391. The third-order valence-electron chi connectivity index (χ3n) is 5.68. The summed E-state index contributed by atoms with van der Waals surface area (Å²) >= 11 is 2.49. The molecule has 0 aliphatic heterocycles. The number of nitrogens with zero attached hydrogens (tertiary/aromatic N) is 2. The van der Waals surface area contributed by atoms with Gasteiger partial charge in [-0.25, -0.2) is 13.2 Å². The Labute approximate surface area is 215 Å². The zero-order valence-corrected chi connectivity index (χ0v) is 22.4. The van der Waals surface area contributed by atoms with Crippen molar-refractivity contribution in [3.63, 3.8) is 0 Å². The largest absolute Gasteiger partial charge is 0.497 e. The molecule has 0 unspecified atom stereocenters. The normalized spacial score (nSPS) is 13.6. The molecule has 2 heterocycles. The van der Waals surface area contributed by atoms with Gasteiger partial charge in [-0.05, 0) is 49.9 Å². The summed E-state index contributed by atoms with van der Waals surface area (Å²) in [5.74, 6) is -3.43. The first kappa shape index (κ1) is 26.0. The third kappa shape index (κ3) is 5.37. The Morgan fingerprint density at radius 1 is 1.14 bits per heavy atom. The van der Waals surface area contributed by atoms with Crippen LogP contribution >= 0.6 is 22.7 Å². The highest BCUT2D eigenvalue weighted by Crippen LogP contribution is 2.39. The molecule has 192 valence electrons. The second-order valence-electron chi connectivity index (χ2n) is 8.10. The van der Waals surface area contributed by atoms with Gasteiger partial charge in [0.2, 0.25) is 5.91 Å². The van der Waals surface area contributed by atoms with Crippen LogP contribution in [0.4, 0.5) is 5.00 Å². The molecule has 0 bridgehead atoms. The summed E-state index contributed by atoms with van der Waals surface area (Å²) in [6.07, 6.45) is 2.39. The molecule has 1 aliphatic rings. The number of ether oxygens (including phenoxy) is 2. The molecule has 1 N–H and O–H groups in total. The minimum absolute atomic E-state index is 0.271. The molecule has 10 nitrogen and oxygen atoms in total. The average molecular weight is 552 g/mol. The minimum Gasteiger partial charge on any atom is -0.497 e. The van der Waals surface area contributed by atoms with Crippen LogP contribution in [0, 0.1) is 0 Å². The molecule has 3 aromatic rings. The Hall–Kier alpha value is -3.03. The molecule has 1 aromatic carbocycles. The number of methoxy groups -OCH3 is 2. The number of esters is 1. The van der Waals surface area contributed by atoms with Crippen LogP contribution in [0.3, 0.4) is 0 Å². The Bertz CT molecular complexity index is 1530. The number of thiophene rings is 1. The minimum atomic E-state index is -4.11. The number of thiazole rings is 1. The molecule has 0 atom stereocenters. The van der Waals surface area contributed by atoms with E-state index in [1.807, 2.05) is 19.1 Å². The van der Waals surface area contributed by atoms with Crippen LogP contribution in [-0.2, 0) is 43.5 Å². The number of nitrogens with one attached hydrogen (secondary N) is 1. The van der Waals surface area contributed by atoms with Crippen LogP contribution in [-0.4, -0.2) is 56.5 Å². The van der Waals surface area contributed by atoms with Crippen molar-refractivity contribution in [1.29, 1.82) is 0 Å². The number of amides is 2. The molecule has 0 saturated heterocycles. The molecule has 0 spiro atoms. The van der Waals surface area contributed by atoms with E-state index in [4.69, 9.17) is 9.47 Å². The SMILES string of the molecule is CCn1c(=NC(=O)CS(=O)(=O)CC(=O)Nc2sc3c(c2C(=O)OC)CCC3)sc2cc(OC)ccc21. The van der Waals surface area contributed by atoms with E-state index < -0.39 is 39.1 Å². The maximum Gasteiger partial charge on any atom is 0.341 e. The first-order chi connectivity index (χ1) is 17.2. The molecule has 0 saturated carbocycles. The second-order valence-corrected chi connectivity index (χ2v) is 12.3. The summed E-state index contributed by atoms with van der Waals surface area (Å²) in [5, 5.41) is 2.80. The molecule has 2 aromatic heterocycles. The summed E-state index contributed by atoms with van der Waals surface area (Å²) in [6.45, 7) is 2.42. The quantitative estimate of drug-likeness (QED) is 0.426. The zero-order valence-electron chi connectivity index (χ0n) is 20.0. The summed E-state index contributed by atoms with van der Waals surface area (Å²) in [7, 11) is -1.30. The summed E-state index contributed by atoms with van der Waals surface area (Å²) < 4.78 is 37.9. The number of aryl methyl sites for hydroxylation is 2. The van der Waals surface area contributed by atoms with Gasteiger partial charge in [0.05, 0.1) is 30.0 Å². The van der Waals surface area contributed by atoms with E-state index in [1.54, 1.807) is 17.7 Å².